The van der Waals surface area contributed by atoms with Crippen LogP contribution < -0.4 is 5.32 Å². The molecule has 1 N–H and O–H groups in total. The molecule has 0 aliphatic rings. The molecule has 0 aliphatic carbocycles. The lowest BCUT2D eigenvalue weighted by Gasteiger charge is -2.22. The number of rotatable bonds is 7. The number of urea groups is 1. The number of amides is 2. The van der Waals surface area contributed by atoms with E-state index in [-0.39, 0.29) is 6.03 Å². The van der Waals surface area contributed by atoms with Gasteiger partial charge in [0.2, 0.25) is 0 Å². The summed E-state index contributed by atoms with van der Waals surface area (Å²) in [6, 6.07) is 7.17. The summed E-state index contributed by atoms with van der Waals surface area (Å²) in [4.78, 5) is 14.1. The standard InChI is InChI=1S/C15H23ClN2O/c1-3-5-11-18(12-6-4-2)15(19)17-14-9-7-13(16)8-10-14/h7-10H,3-6,11-12H2,1-2H3,(H,17,19). The molecule has 0 atom stereocenters. The number of unbranched alkanes of at least 4 members (excludes halogenated alkanes) is 2. The number of nitrogens with zero attached hydrogens (tertiary/aromatic N) is 1. The summed E-state index contributed by atoms with van der Waals surface area (Å²) in [5.41, 5.74) is 0.785. The van der Waals surface area contributed by atoms with Gasteiger partial charge >= 0.3 is 6.03 Å². The number of halogens is 1. The van der Waals surface area contributed by atoms with Crippen LogP contribution in [-0.4, -0.2) is 24.0 Å². The fourth-order valence-electron chi connectivity index (χ4n) is 1.75. The summed E-state index contributed by atoms with van der Waals surface area (Å²) < 4.78 is 0. The first-order valence-electron chi connectivity index (χ1n) is 6.98. The Labute approximate surface area is 120 Å². The summed E-state index contributed by atoms with van der Waals surface area (Å²) in [5.74, 6) is 0. The van der Waals surface area contributed by atoms with Gasteiger partial charge in [0.15, 0.2) is 0 Å². The van der Waals surface area contributed by atoms with Crippen LogP contribution in [0.2, 0.25) is 5.02 Å². The SMILES string of the molecule is CCCCN(CCCC)C(=O)Nc1ccc(Cl)cc1. The maximum absolute atomic E-state index is 12.2. The van der Waals surface area contributed by atoms with Crippen LogP contribution in [0.5, 0.6) is 0 Å². The second-order valence-corrected chi connectivity index (χ2v) is 5.07. The Kier molecular flexibility index (Phi) is 7.34. The first-order chi connectivity index (χ1) is 9.17. The van der Waals surface area contributed by atoms with Crippen LogP contribution >= 0.6 is 11.6 Å². The number of nitrogens with one attached hydrogen (secondary N) is 1. The van der Waals surface area contributed by atoms with Crippen LogP contribution in [0.3, 0.4) is 0 Å². The minimum Gasteiger partial charge on any atom is -0.325 e. The van der Waals surface area contributed by atoms with Crippen LogP contribution in [0.25, 0.3) is 0 Å². The Morgan fingerprint density at radius 2 is 1.63 bits per heavy atom. The Hall–Kier alpha value is -1.22. The average Bonchev–Trinajstić information content (AvgIpc) is 2.41. The van der Waals surface area contributed by atoms with Crippen molar-refractivity contribution in [3.05, 3.63) is 29.3 Å². The first-order valence-corrected chi connectivity index (χ1v) is 7.36. The van der Waals surface area contributed by atoms with Crippen LogP contribution in [-0.2, 0) is 0 Å². The number of hydrogen-bond donors (Lipinski definition) is 1. The van der Waals surface area contributed by atoms with Crippen molar-refractivity contribution >= 4 is 23.3 Å². The molecule has 0 fully saturated rings. The van der Waals surface area contributed by atoms with E-state index in [0.29, 0.717) is 5.02 Å². The van der Waals surface area contributed by atoms with Gasteiger partial charge in [-0.15, -0.1) is 0 Å². The van der Waals surface area contributed by atoms with Crippen molar-refractivity contribution in [3.63, 3.8) is 0 Å². The molecule has 0 saturated carbocycles. The average molecular weight is 283 g/mol. The molecule has 1 aromatic rings. The normalized spacial score (nSPS) is 10.3. The van der Waals surface area contributed by atoms with Gasteiger partial charge in [0.25, 0.3) is 0 Å². The number of carbonyl (C=O) groups is 1. The highest BCUT2D eigenvalue weighted by molar-refractivity contribution is 6.30. The quantitative estimate of drug-likeness (QED) is 0.767. The molecule has 0 unspecified atom stereocenters. The van der Waals surface area contributed by atoms with E-state index >= 15 is 0 Å². The van der Waals surface area contributed by atoms with E-state index in [2.05, 4.69) is 19.2 Å². The minimum atomic E-state index is -0.0239. The predicted octanol–water partition coefficient (Wildman–Crippen LogP) is 4.77. The summed E-state index contributed by atoms with van der Waals surface area (Å²) in [5, 5.41) is 3.59. The molecule has 0 bridgehead atoms. The summed E-state index contributed by atoms with van der Waals surface area (Å²) >= 11 is 5.82. The number of anilines is 1. The third-order valence-electron chi connectivity index (χ3n) is 2.95. The van der Waals surface area contributed by atoms with E-state index in [9.17, 15) is 4.79 Å². The van der Waals surface area contributed by atoms with Gasteiger partial charge in [0.05, 0.1) is 0 Å². The highest BCUT2D eigenvalue weighted by atomic mass is 35.5. The Morgan fingerprint density at radius 1 is 1.11 bits per heavy atom. The highest BCUT2D eigenvalue weighted by Crippen LogP contribution is 2.14. The van der Waals surface area contributed by atoms with Crippen LogP contribution in [0.4, 0.5) is 10.5 Å². The molecule has 1 rings (SSSR count). The third-order valence-corrected chi connectivity index (χ3v) is 3.20. The number of hydrogen-bond acceptors (Lipinski definition) is 1. The van der Waals surface area contributed by atoms with Crippen molar-refractivity contribution < 1.29 is 4.79 Å². The lowest BCUT2D eigenvalue weighted by atomic mass is 10.2. The molecule has 106 valence electrons. The van der Waals surface area contributed by atoms with Gasteiger partial charge in [-0.25, -0.2) is 4.79 Å². The molecule has 3 nitrogen and oxygen atoms in total. The van der Waals surface area contributed by atoms with E-state index in [0.717, 1.165) is 44.5 Å². The molecule has 19 heavy (non-hydrogen) atoms. The van der Waals surface area contributed by atoms with Crippen molar-refractivity contribution in [3.8, 4) is 0 Å². The molecule has 1 aromatic carbocycles. The van der Waals surface area contributed by atoms with Crippen LogP contribution in [0, 0.1) is 0 Å². The number of benzene rings is 1. The first kappa shape index (κ1) is 15.8. The Bertz CT molecular complexity index is 370. The van der Waals surface area contributed by atoms with E-state index in [4.69, 9.17) is 11.6 Å². The molecule has 0 aliphatic heterocycles. The molecule has 0 saturated heterocycles. The van der Waals surface area contributed by atoms with Crippen molar-refractivity contribution in [1.82, 2.24) is 4.90 Å². The van der Waals surface area contributed by atoms with E-state index in [1.54, 1.807) is 12.1 Å². The van der Waals surface area contributed by atoms with Gasteiger partial charge < -0.3 is 10.2 Å². The van der Waals surface area contributed by atoms with Gasteiger partial charge in [-0.2, -0.15) is 0 Å². The molecular weight excluding hydrogens is 260 g/mol. The lowest BCUT2D eigenvalue weighted by molar-refractivity contribution is 0.210. The summed E-state index contributed by atoms with van der Waals surface area (Å²) in [6.07, 6.45) is 4.27. The zero-order valence-corrected chi connectivity index (χ0v) is 12.5. The Morgan fingerprint density at radius 3 is 2.11 bits per heavy atom. The second kappa shape index (κ2) is 8.81. The third kappa shape index (κ3) is 5.97. The monoisotopic (exact) mass is 282 g/mol. The minimum absolute atomic E-state index is 0.0239. The zero-order chi connectivity index (χ0) is 14.1. The maximum atomic E-state index is 12.2. The topological polar surface area (TPSA) is 32.3 Å². The number of carbonyl (C=O) groups excluding carboxylic acids is 1. The van der Waals surface area contributed by atoms with E-state index in [1.807, 2.05) is 17.0 Å². The molecule has 0 spiro atoms. The van der Waals surface area contributed by atoms with Gasteiger partial charge in [0.1, 0.15) is 0 Å². The second-order valence-electron chi connectivity index (χ2n) is 4.63. The summed E-state index contributed by atoms with van der Waals surface area (Å²) in [7, 11) is 0. The van der Waals surface area contributed by atoms with Gasteiger partial charge in [-0.3, -0.25) is 0 Å². The lowest BCUT2D eigenvalue weighted by Crippen LogP contribution is -2.36. The maximum Gasteiger partial charge on any atom is 0.321 e. The molecular formula is C15H23ClN2O. The summed E-state index contributed by atoms with van der Waals surface area (Å²) in [6.45, 7) is 5.90. The fourth-order valence-corrected chi connectivity index (χ4v) is 1.87. The molecule has 0 radical (unpaired) electrons. The zero-order valence-electron chi connectivity index (χ0n) is 11.8. The van der Waals surface area contributed by atoms with Gasteiger partial charge in [-0.05, 0) is 37.1 Å². The smallest absolute Gasteiger partial charge is 0.321 e. The van der Waals surface area contributed by atoms with Crippen molar-refractivity contribution in [1.29, 1.82) is 0 Å². The van der Waals surface area contributed by atoms with Crippen molar-refractivity contribution in [2.75, 3.05) is 18.4 Å². The van der Waals surface area contributed by atoms with Crippen molar-refractivity contribution in [2.45, 2.75) is 39.5 Å². The van der Waals surface area contributed by atoms with E-state index in [1.165, 1.54) is 0 Å². The van der Waals surface area contributed by atoms with Crippen molar-refractivity contribution in [2.24, 2.45) is 0 Å². The Balaban J connectivity index is 2.56. The molecule has 0 aromatic heterocycles. The molecule has 2 amide bonds. The predicted molar refractivity (Wildman–Crippen MR) is 81.9 cm³/mol. The van der Waals surface area contributed by atoms with Gasteiger partial charge in [-0.1, -0.05) is 38.3 Å². The molecule has 4 heteroatoms. The van der Waals surface area contributed by atoms with E-state index < -0.39 is 0 Å². The highest BCUT2D eigenvalue weighted by Gasteiger charge is 2.12. The van der Waals surface area contributed by atoms with Crippen LogP contribution in [0.15, 0.2) is 24.3 Å². The van der Waals surface area contributed by atoms with Gasteiger partial charge in [0, 0.05) is 23.8 Å². The fraction of sp³-hybridized carbons (Fsp3) is 0.533. The largest absolute Gasteiger partial charge is 0.325 e. The van der Waals surface area contributed by atoms with Crippen LogP contribution in [0.1, 0.15) is 39.5 Å². The molecule has 0 heterocycles.